The molecule has 2 aromatic carbocycles. The van der Waals surface area contributed by atoms with Crippen LogP contribution in [0.4, 0.5) is 20.2 Å². The van der Waals surface area contributed by atoms with Gasteiger partial charge in [-0.05, 0) is 48.5 Å². The van der Waals surface area contributed by atoms with Gasteiger partial charge in [-0.3, -0.25) is 14.4 Å². The van der Waals surface area contributed by atoms with E-state index in [1.54, 1.807) is 0 Å². The maximum Gasteiger partial charge on any atom is 0.316 e. The van der Waals surface area contributed by atoms with Gasteiger partial charge in [0.2, 0.25) is 5.91 Å². The van der Waals surface area contributed by atoms with Crippen LogP contribution in [-0.2, 0) is 14.4 Å². The molecule has 0 bridgehead atoms. The molecule has 0 aromatic heterocycles. The van der Waals surface area contributed by atoms with E-state index in [-0.39, 0.29) is 19.6 Å². The van der Waals surface area contributed by atoms with Gasteiger partial charge in [-0.15, -0.1) is 0 Å². The lowest BCUT2D eigenvalue weighted by molar-refractivity contribution is -0.147. The number of carbonyl (C=O) groups is 3. The molecule has 1 aliphatic rings. The first-order chi connectivity index (χ1) is 12.4. The topological polar surface area (TPSA) is 69.7 Å². The third kappa shape index (κ3) is 3.85. The van der Waals surface area contributed by atoms with Crippen LogP contribution in [0.1, 0.15) is 0 Å². The maximum atomic E-state index is 13.0. The molecule has 134 valence electrons. The van der Waals surface area contributed by atoms with E-state index in [2.05, 4.69) is 5.32 Å². The number of halogens is 2. The standard InChI is InChI=1S/C18H15F2N3O3/c19-12-1-5-14(6-2-12)21-16(24)11-22-9-10-23(18(26)17(22)25)15-7-3-13(20)4-8-15/h1-8H,9-11H2,(H,21,24). The number of hydrogen-bond acceptors (Lipinski definition) is 3. The van der Waals surface area contributed by atoms with E-state index >= 15 is 0 Å². The molecule has 0 saturated carbocycles. The average molecular weight is 359 g/mol. The summed E-state index contributed by atoms with van der Waals surface area (Å²) in [4.78, 5) is 38.9. The Balaban J connectivity index is 1.61. The number of carbonyl (C=O) groups excluding carboxylic acids is 3. The Labute approximate surface area is 148 Å². The number of nitrogens with zero attached hydrogens (tertiary/aromatic N) is 2. The van der Waals surface area contributed by atoms with Crippen LogP contribution >= 0.6 is 0 Å². The molecule has 2 aromatic rings. The maximum absolute atomic E-state index is 13.0. The Kier molecular flexibility index (Phi) is 4.92. The molecule has 1 aliphatic heterocycles. The predicted octanol–water partition coefficient (Wildman–Crippen LogP) is 1.78. The van der Waals surface area contributed by atoms with Crippen molar-refractivity contribution in [1.29, 1.82) is 0 Å². The molecule has 8 heteroatoms. The first kappa shape index (κ1) is 17.5. The van der Waals surface area contributed by atoms with Gasteiger partial charge in [0.1, 0.15) is 18.2 Å². The number of rotatable bonds is 4. The average Bonchev–Trinajstić information content (AvgIpc) is 2.62. The third-order valence-electron chi connectivity index (χ3n) is 3.91. The van der Waals surface area contributed by atoms with Gasteiger partial charge in [0.25, 0.3) is 0 Å². The second-order valence-corrected chi connectivity index (χ2v) is 5.71. The first-order valence-corrected chi connectivity index (χ1v) is 7.86. The van der Waals surface area contributed by atoms with Gasteiger partial charge in [-0.2, -0.15) is 0 Å². The van der Waals surface area contributed by atoms with Crippen molar-refractivity contribution < 1.29 is 23.2 Å². The molecular formula is C18H15F2N3O3. The van der Waals surface area contributed by atoms with Gasteiger partial charge in [0, 0.05) is 24.5 Å². The van der Waals surface area contributed by atoms with Gasteiger partial charge >= 0.3 is 11.8 Å². The molecule has 0 unspecified atom stereocenters. The molecule has 6 nitrogen and oxygen atoms in total. The minimum Gasteiger partial charge on any atom is -0.325 e. The Morgan fingerprint density at radius 3 is 2.08 bits per heavy atom. The second-order valence-electron chi connectivity index (χ2n) is 5.71. The van der Waals surface area contributed by atoms with Crippen molar-refractivity contribution in [2.45, 2.75) is 0 Å². The van der Waals surface area contributed by atoms with E-state index in [0.717, 1.165) is 4.90 Å². The van der Waals surface area contributed by atoms with Crippen LogP contribution in [0.2, 0.25) is 0 Å². The molecule has 3 rings (SSSR count). The number of hydrogen-bond donors (Lipinski definition) is 1. The molecule has 0 spiro atoms. The summed E-state index contributed by atoms with van der Waals surface area (Å²) in [7, 11) is 0. The molecule has 1 saturated heterocycles. The minimum absolute atomic E-state index is 0.165. The van der Waals surface area contributed by atoms with Crippen molar-refractivity contribution >= 4 is 29.1 Å². The Morgan fingerprint density at radius 2 is 1.46 bits per heavy atom. The minimum atomic E-state index is -0.810. The van der Waals surface area contributed by atoms with E-state index in [1.165, 1.54) is 53.4 Å². The number of nitrogens with one attached hydrogen (secondary N) is 1. The summed E-state index contributed by atoms with van der Waals surface area (Å²) in [6, 6.07) is 10.4. The highest BCUT2D eigenvalue weighted by Gasteiger charge is 2.34. The molecule has 0 radical (unpaired) electrons. The summed E-state index contributed by atoms with van der Waals surface area (Å²) in [5.41, 5.74) is 0.806. The monoisotopic (exact) mass is 359 g/mol. The molecule has 1 N–H and O–H groups in total. The smallest absolute Gasteiger partial charge is 0.316 e. The molecule has 1 fully saturated rings. The highest BCUT2D eigenvalue weighted by Crippen LogP contribution is 2.18. The highest BCUT2D eigenvalue weighted by atomic mass is 19.1. The lowest BCUT2D eigenvalue weighted by Gasteiger charge is -2.33. The second kappa shape index (κ2) is 7.30. The van der Waals surface area contributed by atoms with Crippen molar-refractivity contribution in [3.8, 4) is 0 Å². The summed E-state index contributed by atoms with van der Waals surface area (Å²) in [5, 5.41) is 2.53. The summed E-state index contributed by atoms with van der Waals surface area (Å²) >= 11 is 0. The van der Waals surface area contributed by atoms with Crippen molar-refractivity contribution in [3.63, 3.8) is 0 Å². The summed E-state index contributed by atoms with van der Waals surface area (Å²) in [5.74, 6) is -2.95. The number of piperazine rings is 1. The Bertz CT molecular complexity index is 838. The number of benzene rings is 2. The Morgan fingerprint density at radius 1 is 0.885 bits per heavy atom. The van der Waals surface area contributed by atoms with Crippen LogP contribution < -0.4 is 10.2 Å². The van der Waals surface area contributed by atoms with Crippen LogP contribution in [-0.4, -0.2) is 42.3 Å². The van der Waals surface area contributed by atoms with E-state index < -0.39 is 29.4 Å². The van der Waals surface area contributed by atoms with Crippen molar-refractivity contribution in [2.24, 2.45) is 0 Å². The quantitative estimate of drug-likeness (QED) is 0.846. The molecular weight excluding hydrogens is 344 g/mol. The predicted molar refractivity (Wildman–Crippen MR) is 90.4 cm³/mol. The Hall–Kier alpha value is -3.29. The van der Waals surface area contributed by atoms with Crippen molar-refractivity contribution in [1.82, 2.24) is 4.90 Å². The summed E-state index contributed by atoms with van der Waals surface area (Å²) in [6.07, 6.45) is 0. The lowest BCUT2D eigenvalue weighted by atomic mass is 10.2. The largest absolute Gasteiger partial charge is 0.325 e. The van der Waals surface area contributed by atoms with E-state index in [1.807, 2.05) is 0 Å². The fraction of sp³-hybridized carbons (Fsp3) is 0.167. The normalized spacial score (nSPS) is 14.5. The molecule has 0 atom stereocenters. The van der Waals surface area contributed by atoms with Crippen LogP contribution in [0.3, 0.4) is 0 Å². The zero-order valence-corrected chi connectivity index (χ0v) is 13.6. The van der Waals surface area contributed by atoms with Gasteiger partial charge in [0.15, 0.2) is 0 Å². The molecule has 26 heavy (non-hydrogen) atoms. The molecule has 1 heterocycles. The van der Waals surface area contributed by atoms with Crippen LogP contribution in [0.15, 0.2) is 48.5 Å². The first-order valence-electron chi connectivity index (χ1n) is 7.86. The van der Waals surface area contributed by atoms with E-state index in [0.29, 0.717) is 11.4 Å². The third-order valence-corrected chi connectivity index (χ3v) is 3.91. The van der Waals surface area contributed by atoms with Crippen LogP contribution in [0, 0.1) is 11.6 Å². The zero-order chi connectivity index (χ0) is 18.7. The summed E-state index contributed by atoms with van der Waals surface area (Å²) in [6.45, 7) is 0.0675. The van der Waals surface area contributed by atoms with E-state index in [9.17, 15) is 23.2 Å². The SMILES string of the molecule is O=C(CN1CCN(c2ccc(F)cc2)C(=O)C1=O)Nc1ccc(F)cc1. The number of anilines is 2. The molecule has 0 aliphatic carbocycles. The van der Waals surface area contributed by atoms with Gasteiger partial charge in [0.05, 0.1) is 0 Å². The van der Waals surface area contributed by atoms with Crippen LogP contribution in [0.25, 0.3) is 0 Å². The fourth-order valence-electron chi connectivity index (χ4n) is 2.60. The van der Waals surface area contributed by atoms with Crippen molar-refractivity contribution in [2.75, 3.05) is 29.9 Å². The number of amides is 3. The van der Waals surface area contributed by atoms with E-state index in [4.69, 9.17) is 0 Å². The molecule has 3 amide bonds. The van der Waals surface area contributed by atoms with Gasteiger partial charge in [-0.25, -0.2) is 8.78 Å². The fourth-order valence-corrected chi connectivity index (χ4v) is 2.60. The van der Waals surface area contributed by atoms with Gasteiger partial charge in [-0.1, -0.05) is 0 Å². The van der Waals surface area contributed by atoms with Crippen molar-refractivity contribution in [3.05, 3.63) is 60.2 Å². The lowest BCUT2D eigenvalue weighted by Crippen LogP contribution is -2.56. The van der Waals surface area contributed by atoms with Crippen LogP contribution in [0.5, 0.6) is 0 Å². The summed E-state index contributed by atoms with van der Waals surface area (Å²) < 4.78 is 25.9. The highest BCUT2D eigenvalue weighted by molar-refractivity contribution is 6.41. The zero-order valence-electron chi connectivity index (χ0n) is 13.6. The van der Waals surface area contributed by atoms with Gasteiger partial charge < -0.3 is 15.1 Å².